The van der Waals surface area contributed by atoms with Crippen molar-refractivity contribution >= 4 is 5.65 Å². The molecular weight excluding hydrogens is 288 g/mol. The summed E-state index contributed by atoms with van der Waals surface area (Å²) in [7, 11) is 0. The Morgan fingerprint density at radius 3 is 2.70 bits per heavy atom. The average Bonchev–Trinajstić information content (AvgIpc) is 2.98. The zero-order valence-corrected chi connectivity index (χ0v) is 13.6. The summed E-state index contributed by atoms with van der Waals surface area (Å²) in [5, 5.41) is 10.2. The Bertz CT molecular complexity index is 614. The van der Waals surface area contributed by atoms with Crippen molar-refractivity contribution in [1.82, 2.24) is 19.2 Å². The Morgan fingerprint density at radius 2 is 1.91 bits per heavy atom. The first-order valence-electron chi connectivity index (χ1n) is 8.87. The van der Waals surface area contributed by atoms with Crippen LogP contribution in [0.3, 0.4) is 0 Å². The van der Waals surface area contributed by atoms with Crippen molar-refractivity contribution < 1.29 is 5.11 Å². The van der Waals surface area contributed by atoms with Crippen LogP contribution in [0.4, 0.5) is 0 Å². The minimum atomic E-state index is -0.117. The minimum Gasteiger partial charge on any atom is -0.391 e. The van der Waals surface area contributed by atoms with Crippen molar-refractivity contribution in [1.29, 1.82) is 0 Å². The van der Waals surface area contributed by atoms with Crippen molar-refractivity contribution in [2.75, 3.05) is 26.2 Å². The lowest BCUT2D eigenvalue weighted by molar-refractivity contribution is -0.00487. The first-order chi connectivity index (χ1) is 11.3. The van der Waals surface area contributed by atoms with E-state index in [0.717, 1.165) is 56.9 Å². The third kappa shape index (κ3) is 3.27. The van der Waals surface area contributed by atoms with Gasteiger partial charge >= 0.3 is 0 Å². The highest BCUT2D eigenvalue weighted by atomic mass is 16.3. The van der Waals surface area contributed by atoms with Crippen LogP contribution < -0.4 is 0 Å². The molecule has 1 N–H and O–H groups in total. The maximum atomic E-state index is 10.2. The van der Waals surface area contributed by atoms with Crippen molar-refractivity contribution in [3.63, 3.8) is 0 Å². The number of aliphatic hydroxyl groups excluding tert-OH is 1. The van der Waals surface area contributed by atoms with E-state index in [1.54, 1.807) is 0 Å². The van der Waals surface area contributed by atoms with Gasteiger partial charge in [-0.25, -0.2) is 4.98 Å². The molecule has 124 valence electrons. The highest BCUT2D eigenvalue weighted by Gasteiger charge is 2.30. The van der Waals surface area contributed by atoms with E-state index in [9.17, 15) is 5.11 Å². The fraction of sp³-hybridized carbons (Fsp3) is 0.611. The molecule has 2 aliphatic rings. The number of imidazole rings is 1. The fourth-order valence-electron chi connectivity index (χ4n) is 4.06. The third-order valence-corrected chi connectivity index (χ3v) is 5.37. The third-order valence-electron chi connectivity index (χ3n) is 5.37. The van der Waals surface area contributed by atoms with Gasteiger partial charge in [0, 0.05) is 51.2 Å². The number of hydrogen-bond acceptors (Lipinski definition) is 4. The molecule has 3 heterocycles. The molecule has 2 aromatic heterocycles. The van der Waals surface area contributed by atoms with Crippen LogP contribution in [-0.2, 0) is 6.54 Å². The number of rotatable bonds is 3. The van der Waals surface area contributed by atoms with Crippen LogP contribution in [0, 0.1) is 0 Å². The zero-order chi connectivity index (χ0) is 15.6. The summed E-state index contributed by atoms with van der Waals surface area (Å²) in [6, 6.07) is 6.50. The second-order valence-electron chi connectivity index (χ2n) is 6.93. The molecule has 1 aliphatic carbocycles. The predicted octanol–water partition coefficient (Wildman–Crippen LogP) is 1.76. The second-order valence-corrected chi connectivity index (χ2v) is 6.93. The standard InChI is InChI=1S/C18H26N4O/c23-17-6-2-1-5-16(17)21-11-9-20(10-12-21)13-15-14-22-8-4-3-7-18(22)19-15/h3-4,7-8,14,16-17,23H,1-2,5-6,9-13H2. The van der Waals surface area contributed by atoms with Crippen LogP contribution in [0.15, 0.2) is 30.6 Å². The summed E-state index contributed by atoms with van der Waals surface area (Å²) >= 11 is 0. The van der Waals surface area contributed by atoms with Crippen LogP contribution in [0.25, 0.3) is 5.65 Å². The first kappa shape index (κ1) is 15.1. The maximum Gasteiger partial charge on any atom is 0.137 e. The smallest absolute Gasteiger partial charge is 0.137 e. The van der Waals surface area contributed by atoms with E-state index in [4.69, 9.17) is 4.98 Å². The van der Waals surface area contributed by atoms with E-state index < -0.39 is 0 Å². The number of nitrogens with zero attached hydrogens (tertiary/aromatic N) is 4. The lowest BCUT2D eigenvalue weighted by Gasteiger charge is -2.42. The molecule has 1 saturated heterocycles. The highest BCUT2D eigenvalue weighted by Crippen LogP contribution is 2.24. The number of fused-ring (bicyclic) bond motifs is 1. The lowest BCUT2D eigenvalue weighted by atomic mass is 9.91. The molecule has 23 heavy (non-hydrogen) atoms. The van der Waals surface area contributed by atoms with E-state index in [1.165, 1.54) is 12.8 Å². The number of piperazine rings is 1. The van der Waals surface area contributed by atoms with Gasteiger partial charge in [0.15, 0.2) is 0 Å². The molecule has 0 aromatic carbocycles. The van der Waals surface area contributed by atoms with Gasteiger partial charge in [0.25, 0.3) is 0 Å². The minimum absolute atomic E-state index is 0.117. The van der Waals surface area contributed by atoms with Crippen LogP contribution in [0.1, 0.15) is 31.4 Å². The van der Waals surface area contributed by atoms with Crippen molar-refractivity contribution in [2.24, 2.45) is 0 Å². The molecule has 2 fully saturated rings. The highest BCUT2D eigenvalue weighted by molar-refractivity contribution is 5.39. The fourth-order valence-corrected chi connectivity index (χ4v) is 4.06. The van der Waals surface area contributed by atoms with Gasteiger partial charge in [-0.3, -0.25) is 9.80 Å². The molecule has 5 heteroatoms. The van der Waals surface area contributed by atoms with Gasteiger partial charge in [0.1, 0.15) is 5.65 Å². The Kier molecular flexibility index (Phi) is 4.33. The maximum absolute atomic E-state index is 10.2. The molecule has 0 radical (unpaired) electrons. The monoisotopic (exact) mass is 314 g/mol. The van der Waals surface area contributed by atoms with E-state index >= 15 is 0 Å². The Balaban J connectivity index is 1.34. The zero-order valence-electron chi connectivity index (χ0n) is 13.6. The van der Waals surface area contributed by atoms with E-state index in [1.807, 2.05) is 24.4 Å². The molecule has 0 spiro atoms. The molecule has 5 nitrogen and oxygen atoms in total. The molecule has 4 rings (SSSR count). The molecule has 2 atom stereocenters. The molecular formula is C18H26N4O. The van der Waals surface area contributed by atoms with Gasteiger partial charge in [0.05, 0.1) is 11.8 Å². The van der Waals surface area contributed by atoms with E-state index in [0.29, 0.717) is 6.04 Å². The van der Waals surface area contributed by atoms with Gasteiger partial charge in [-0.2, -0.15) is 0 Å². The summed E-state index contributed by atoms with van der Waals surface area (Å²) in [5.74, 6) is 0. The van der Waals surface area contributed by atoms with Crippen molar-refractivity contribution in [2.45, 2.75) is 44.4 Å². The van der Waals surface area contributed by atoms with Crippen LogP contribution >= 0.6 is 0 Å². The SMILES string of the molecule is OC1CCCCC1N1CCN(Cc2cn3ccccc3n2)CC1. The van der Waals surface area contributed by atoms with E-state index in [2.05, 4.69) is 20.4 Å². The summed E-state index contributed by atoms with van der Waals surface area (Å²) in [6.45, 7) is 5.18. The Morgan fingerprint density at radius 1 is 1.09 bits per heavy atom. The number of aliphatic hydroxyl groups is 1. The normalized spacial score (nSPS) is 27.5. The van der Waals surface area contributed by atoms with Gasteiger partial charge in [-0.1, -0.05) is 18.9 Å². The summed E-state index contributed by atoms with van der Waals surface area (Å²) in [4.78, 5) is 9.68. The Labute approximate surface area is 137 Å². The number of hydrogen-bond donors (Lipinski definition) is 1. The van der Waals surface area contributed by atoms with Crippen molar-refractivity contribution in [3.05, 3.63) is 36.3 Å². The summed E-state index contributed by atoms with van der Waals surface area (Å²) < 4.78 is 2.09. The van der Waals surface area contributed by atoms with E-state index in [-0.39, 0.29) is 6.10 Å². The first-order valence-corrected chi connectivity index (χ1v) is 8.87. The predicted molar refractivity (Wildman–Crippen MR) is 90.3 cm³/mol. The Hall–Kier alpha value is -1.43. The average molecular weight is 314 g/mol. The number of pyridine rings is 1. The number of aromatic nitrogens is 2. The van der Waals surface area contributed by atoms with Gasteiger partial charge < -0.3 is 9.51 Å². The molecule has 0 bridgehead atoms. The summed E-state index contributed by atoms with van der Waals surface area (Å²) in [5.41, 5.74) is 2.16. The molecule has 2 unspecified atom stereocenters. The van der Waals surface area contributed by atoms with Crippen LogP contribution in [0.5, 0.6) is 0 Å². The lowest BCUT2D eigenvalue weighted by Crippen LogP contribution is -2.54. The van der Waals surface area contributed by atoms with Crippen molar-refractivity contribution in [3.8, 4) is 0 Å². The topological polar surface area (TPSA) is 44.0 Å². The van der Waals surface area contributed by atoms with Crippen LogP contribution in [-0.4, -0.2) is 62.6 Å². The molecule has 1 aliphatic heterocycles. The molecule has 2 aromatic rings. The second kappa shape index (κ2) is 6.59. The molecule has 1 saturated carbocycles. The quantitative estimate of drug-likeness (QED) is 0.937. The summed E-state index contributed by atoms with van der Waals surface area (Å²) in [6.07, 6.45) is 8.66. The largest absolute Gasteiger partial charge is 0.391 e. The van der Waals surface area contributed by atoms with Gasteiger partial charge in [-0.05, 0) is 25.0 Å². The van der Waals surface area contributed by atoms with Gasteiger partial charge in [0.2, 0.25) is 0 Å². The molecule has 0 amide bonds. The van der Waals surface area contributed by atoms with Gasteiger partial charge in [-0.15, -0.1) is 0 Å². The van der Waals surface area contributed by atoms with Crippen LogP contribution in [0.2, 0.25) is 0 Å².